The van der Waals surface area contributed by atoms with Gasteiger partial charge in [0.1, 0.15) is 0 Å². The van der Waals surface area contributed by atoms with E-state index in [1.807, 2.05) is 60.7 Å². The zero-order valence-corrected chi connectivity index (χ0v) is 14.0. The summed E-state index contributed by atoms with van der Waals surface area (Å²) in [7, 11) is 1.62. The number of nitrogens with one attached hydrogen (secondary N) is 1. The standard InChI is InChI=1S/C18H22N2O2.ClH/c1-22-13-17(15-10-6-3-7-11-15)20-18(21)16(19)12-14-8-4-2-5-9-14;/h2-11,16-17H,12-13,19H2,1H3,(H,20,21);1H/t16-,17+;/m0./s1. The smallest absolute Gasteiger partial charge is 0.237 e. The van der Waals surface area contributed by atoms with Gasteiger partial charge < -0.3 is 15.8 Å². The first-order valence-electron chi connectivity index (χ1n) is 7.34. The van der Waals surface area contributed by atoms with Crippen LogP contribution < -0.4 is 11.1 Å². The molecule has 0 aromatic heterocycles. The second kappa shape index (κ2) is 10.0. The van der Waals surface area contributed by atoms with Gasteiger partial charge >= 0.3 is 0 Å². The van der Waals surface area contributed by atoms with E-state index in [-0.39, 0.29) is 24.4 Å². The van der Waals surface area contributed by atoms with Crippen molar-refractivity contribution in [3.63, 3.8) is 0 Å². The van der Waals surface area contributed by atoms with Crippen LogP contribution in [0.15, 0.2) is 60.7 Å². The van der Waals surface area contributed by atoms with E-state index < -0.39 is 6.04 Å². The Hall–Kier alpha value is -1.88. The minimum absolute atomic E-state index is 0. The Morgan fingerprint density at radius 1 is 1.09 bits per heavy atom. The molecule has 0 radical (unpaired) electrons. The van der Waals surface area contributed by atoms with Crippen molar-refractivity contribution in [2.45, 2.75) is 18.5 Å². The lowest BCUT2D eigenvalue weighted by Crippen LogP contribution is -2.44. The number of amides is 1. The van der Waals surface area contributed by atoms with Crippen LogP contribution in [0.4, 0.5) is 0 Å². The number of halogens is 1. The lowest BCUT2D eigenvalue weighted by atomic mass is 10.0. The average molecular weight is 335 g/mol. The van der Waals surface area contributed by atoms with Crippen LogP contribution >= 0.6 is 12.4 Å². The fourth-order valence-electron chi connectivity index (χ4n) is 2.31. The summed E-state index contributed by atoms with van der Waals surface area (Å²) >= 11 is 0. The van der Waals surface area contributed by atoms with Crippen LogP contribution in [-0.4, -0.2) is 25.7 Å². The fourth-order valence-corrected chi connectivity index (χ4v) is 2.31. The topological polar surface area (TPSA) is 64.3 Å². The maximum atomic E-state index is 12.3. The molecule has 2 aromatic carbocycles. The largest absolute Gasteiger partial charge is 0.382 e. The molecule has 0 unspecified atom stereocenters. The lowest BCUT2D eigenvalue weighted by molar-refractivity contribution is -0.123. The second-order valence-electron chi connectivity index (χ2n) is 5.22. The number of methoxy groups -OCH3 is 1. The zero-order valence-electron chi connectivity index (χ0n) is 13.1. The highest BCUT2D eigenvalue weighted by atomic mass is 35.5. The van der Waals surface area contributed by atoms with E-state index in [9.17, 15) is 4.79 Å². The third-order valence-electron chi connectivity index (χ3n) is 3.49. The molecule has 1 amide bonds. The van der Waals surface area contributed by atoms with Gasteiger partial charge in [-0.15, -0.1) is 12.4 Å². The number of rotatable bonds is 7. The molecule has 124 valence electrons. The third kappa shape index (κ3) is 6.02. The van der Waals surface area contributed by atoms with Crippen LogP contribution in [0.25, 0.3) is 0 Å². The van der Waals surface area contributed by atoms with Gasteiger partial charge in [-0.25, -0.2) is 0 Å². The summed E-state index contributed by atoms with van der Waals surface area (Å²) in [5.41, 5.74) is 8.07. The summed E-state index contributed by atoms with van der Waals surface area (Å²) in [6.45, 7) is 0.411. The monoisotopic (exact) mass is 334 g/mol. The molecule has 2 aromatic rings. The molecule has 0 bridgehead atoms. The Morgan fingerprint density at radius 2 is 1.65 bits per heavy atom. The third-order valence-corrected chi connectivity index (χ3v) is 3.49. The van der Waals surface area contributed by atoms with E-state index in [0.717, 1.165) is 11.1 Å². The van der Waals surface area contributed by atoms with Crippen molar-refractivity contribution in [2.24, 2.45) is 5.73 Å². The van der Waals surface area contributed by atoms with Crippen LogP contribution in [0.1, 0.15) is 17.2 Å². The number of benzene rings is 2. The number of nitrogens with two attached hydrogens (primary N) is 1. The highest BCUT2D eigenvalue weighted by Gasteiger charge is 2.19. The summed E-state index contributed by atoms with van der Waals surface area (Å²) in [5, 5.41) is 2.97. The molecular weight excluding hydrogens is 312 g/mol. The lowest BCUT2D eigenvalue weighted by Gasteiger charge is -2.21. The molecule has 0 heterocycles. The number of hydrogen-bond acceptors (Lipinski definition) is 3. The maximum absolute atomic E-state index is 12.3. The number of carbonyl (C=O) groups is 1. The molecule has 2 rings (SSSR count). The quantitative estimate of drug-likeness (QED) is 0.817. The van der Waals surface area contributed by atoms with E-state index in [1.54, 1.807) is 7.11 Å². The molecule has 0 fully saturated rings. The van der Waals surface area contributed by atoms with E-state index in [1.165, 1.54) is 0 Å². The summed E-state index contributed by atoms with van der Waals surface area (Å²) in [6, 6.07) is 18.7. The molecule has 0 spiro atoms. The van der Waals surface area contributed by atoms with Gasteiger partial charge in [-0.1, -0.05) is 60.7 Å². The van der Waals surface area contributed by atoms with Crippen molar-refractivity contribution < 1.29 is 9.53 Å². The minimum atomic E-state index is -0.578. The number of hydrogen-bond donors (Lipinski definition) is 2. The van der Waals surface area contributed by atoms with Crippen LogP contribution in [0.2, 0.25) is 0 Å². The number of ether oxygens (including phenoxy) is 1. The first-order chi connectivity index (χ1) is 10.7. The summed E-state index contributed by atoms with van der Waals surface area (Å²) in [4.78, 5) is 12.3. The first-order valence-corrected chi connectivity index (χ1v) is 7.34. The summed E-state index contributed by atoms with van der Waals surface area (Å²) < 4.78 is 5.20. The molecule has 0 saturated heterocycles. The van der Waals surface area contributed by atoms with E-state index in [2.05, 4.69) is 5.32 Å². The van der Waals surface area contributed by atoms with Gasteiger partial charge in [-0.2, -0.15) is 0 Å². The normalized spacial score (nSPS) is 12.8. The highest BCUT2D eigenvalue weighted by molar-refractivity contribution is 5.85. The van der Waals surface area contributed by atoms with Crippen molar-refractivity contribution in [2.75, 3.05) is 13.7 Å². The highest BCUT2D eigenvalue weighted by Crippen LogP contribution is 2.13. The van der Waals surface area contributed by atoms with E-state index in [4.69, 9.17) is 10.5 Å². The van der Waals surface area contributed by atoms with Gasteiger partial charge in [0.2, 0.25) is 5.91 Å². The van der Waals surface area contributed by atoms with Crippen LogP contribution in [0, 0.1) is 0 Å². The molecule has 5 heteroatoms. The van der Waals surface area contributed by atoms with Gasteiger partial charge in [0.25, 0.3) is 0 Å². The first kappa shape index (κ1) is 19.2. The predicted molar refractivity (Wildman–Crippen MR) is 94.6 cm³/mol. The molecule has 23 heavy (non-hydrogen) atoms. The molecule has 2 atom stereocenters. The SMILES string of the molecule is COC[C@@H](NC(=O)[C@@H](N)Cc1ccccc1)c1ccccc1.Cl. The van der Waals surface area contributed by atoms with Gasteiger partial charge in [0.15, 0.2) is 0 Å². The molecule has 0 saturated carbocycles. The van der Waals surface area contributed by atoms with Crippen molar-refractivity contribution in [1.29, 1.82) is 0 Å². The Balaban J connectivity index is 0.00000264. The van der Waals surface area contributed by atoms with Crippen molar-refractivity contribution in [3.8, 4) is 0 Å². The Morgan fingerprint density at radius 3 is 2.22 bits per heavy atom. The molecular formula is C18H23ClN2O2. The molecule has 0 aliphatic rings. The van der Waals surface area contributed by atoms with Crippen LogP contribution in [0.5, 0.6) is 0 Å². The molecule has 3 N–H and O–H groups in total. The zero-order chi connectivity index (χ0) is 15.8. The average Bonchev–Trinajstić information content (AvgIpc) is 2.56. The Kier molecular flexibility index (Phi) is 8.33. The van der Waals surface area contributed by atoms with Gasteiger partial charge in [0.05, 0.1) is 18.7 Å². The maximum Gasteiger partial charge on any atom is 0.237 e. The molecule has 4 nitrogen and oxygen atoms in total. The van der Waals surface area contributed by atoms with Crippen molar-refractivity contribution in [3.05, 3.63) is 71.8 Å². The Bertz CT molecular complexity index is 578. The molecule has 0 aliphatic heterocycles. The van der Waals surface area contributed by atoms with Crippen LogP contribution in [0.3, 0.4) is 0 Å². The van der Waals surface area contributed by atoms with E-state index >= 15 is 0 Å². The summed E-state index contributed by atoms with van der Waals surface area (Å²) in [6.07, 6.45) is 0.515. The minimum Gasteiger partial charge on any atom is -0.382 e. The van der Waals surface area contributed by atoms with E-state index in [0.29, 0.717) is 13.0 Å². The van der Waals surface area contributed by atoms with Crippen molar-refractivity contribution >= 4 is 18.3 Å². The number of carbonyl (C=O) groups excluding carboxylic acids is 1. The Labute approximate surface area is 143 Å². The second-order valence-corrected chi connectivity index (χ2v) is 5.22. The molecule has 0 aliphatic carbocycles. The van der Waals surface area contributed by atoms with Gasteiger partial charge in [0, 0.05) is 7.11 Å². The van der Waals surface area contributed by atoms with Crippen molar-refractivity contribution in [1.82, 2.24) is 5.32 Å². The fraction of sp³-hybridized carbons (Fsp3) is 0.278. The van der Waals surface area contributed by atoms with Gasteiger partial charge in [-0.3, -0.25) is 4.79 Å². The van der Waals surface area contributed by atoms with Crippen LogP contribution in [-0.2, 0) is 16.0 Å². The predicted octanol–water partition coefficient (Wildman–Crippen LogP) is 2.48. The van der Waals surface area contributed by atoms with Gasteiger partial charge in [-0.05, 0) is 17.5 Å². The summed E-state index contributed by atoms with van der Waals surface area (Å²) in [5.74, 6) is -0.172.